The van der Waals surface area contributed by atoms with Gasteiger partial charge >= 0.3 is 5.97 Å². The van der Waals surface area contributed by atoms with Crippen LogP contribution in [0.25, 0.3) is 0 Å². The molecule has 1 aliphatic carbocycles. The van der Waals surface area contributed by atoms with Gasteiger partial charge in [-0.2, -0.15) is 0 Å². The minimum Gasteiger partial charge on any atom is -0.481 e. The number of benzene rings is 1. The van der Waals surface area contributed by atoms with Crippen molar-refractivity contribution in [2.24, 2.45) is 5.41 Å². The average molecular weight is 237 g/mol. The summed E-state index contributed by atoms with van der Waals surface area (Å²) in [6.45, 7) is 0. The minimum absolute atomic E-state index is 0.268. The number of carbonyl (C=O) groups is 1. The number of hydrogen-bond acceptors (Lipinski definition) is 2. The molecule has 0 spiro atoms. The second kappa shape index (κ2) is 4.11. The minimum atomic E-state index is -0.791. The maximum Gasteiger partial charge on any atom is 0.311 e. The first-order chi connectivity index (χ1) is 7.97. The van der Waals surface area contributed by atoms with Crippen LogP contribution in [-0.4, -0.2) is 30.1 Å². The zero-order chi connectivity index (χ0) is 12.6. The molecule has 1 aromatic rings. The van der Waals surface area contributed by atoms with E-state index in [-0.39, 0.29) is 11.9 Å². The first kappa shape index (κ1) is 12.0. The third-order valence-electron chi connectivity index (χ3n) is 3.42. The lowest BCUT2D eigenvalue weighted by atomic mass is 9.89. The van der Waals surface area contributed by atoms with Crippen LogP contribution in [0.4, 0.5) is 4.39 Å². The Morgan fingerprint density at radius 2 is 2.12 bits per heavy atom. The van der Waals surface area contributed by atoms with Crippen molar-refractivity contribution < 1.29 is 14.3 Å². The Balaban J connectivity index is 2.40. The number of carboxylic acids is 1. The molecule has 17 heavy (non-hydrogen) atoms. The molecule has 0 amide bonds. The van der Waals surface area contributed by atoms with Crippen LogP contribution in [-0.2, 0) is 4.79 Å². The molecule has 1 saturated carbocycles. The van der Waals surface area contributed by atoms with Crippen LogP contribution in [0.1, 0.15) is 24.4 Å². The molecule has 1 fully saturated rings. The van der Waals surface area contributed by atoms with E-state index in [2.05, 4.69) is 0 Å². The van der Waals surface area contributed by atoms with E-state index in [1.807, 2.05) is 19.0 Å². The Bertz CT molecular complexity index is 441. The van der Waals surface area contributed by atoms with Gasteiger partial charge in [-0.3, -0.25) is 4.79 Å². The molecule has 1 atom stereocenters. The average Bonchev–Trinajstić information content (AvgIpc) is 2.99. The number of nitrogens with zero attached hydrogens (tertiary/aromatic N) is 1. The van der Waals surface area contributed by atoms with Gasteiger partial charge < -0.3 is 10.0 Å². The lowest BCUT2D eigenvalue weighted by Gasteiger charge is -2.30. The molecule has 0 heterocycles. The largest absolute Gasteiger partial charge is 0.481 e. The van der Waals surface area contributed by atoms with Crippen molar-refractivity contribution in [2.45, 2.75) is 18.9 Å². The zero-order valence-electron chi connectivity index (χ0n) is 9.98. The lowest BCUT2D eigenvalue weighted by molar-refractivity contribution is -0.146. The molecule has 0 aromatic heterocycles. The summed E-state index contributed by atoms with van der Waals surface area (Å²) in [4.78, 5) is 13.2. The number of aliphatic carboxylic acids is 1. The molecule has 0 saturated heterocycles. The summed E-state index contributed by atoms with van der Waals surface area (Å²) in [6.07, 6.45) is 1.31. The van der Waals surface area contributed by atoms with E-state index in [4.69, 9.17) is 0 Å². The van der Waals surface area contributed by atoms with E-state index in [0.29, 0.717) is 12.8 Å². The molecule has 92 valence electrons. The Labute approximate surface area is 99.9 Å². The van der Waals surface area contributed by atoms with E-state index in [1.54, 1.807) is 12.1 Å². The standard InChI is InChI=1S/C13H16FNO2/c1-15(2)11(13(6-7-13)12(16)17)9-4-3-5-10(14)8-9/h3-5,8,11H,6-7H2,1-2H3,(H,16,17). The summed E-state index contributed by atoms with van der Waals surface area (Å²) in [7, 11) is 3.66. The van der Waals surface area contributed by atoms with Gasteiger partial charge in [-0.1, -0.05) is 12.1 Å². The van der Waals surface area contributed by atoms with Crippen LogP contribution in [0.5, 0.6) is 0 Å². The Kier molecular flexibility index (Phi) is 2.91. The summed E-state index contributed by atoms with van der Waals surface area (Å²) in [5.74, 6) is -1.11. The smallest absolute Gasteiger partial charge is 0.311 e. The molecule has 0 aliphatic heterocycles. The van der Waals surface area contributed by atoms with Gasteiger partial charge in [0.15, 0.2) is 0 Å². The van der Waals surface area contributed by atoms with Gasteiger partial charge in [0, 0.05) is 0 Å². The fourth-order valence-electron chi connectivity index (χ4n) is 2.53. The fraction of sp³-hybridized carbons (Fsp3) is 0.462. The second-order valence-corrected chi connectivity index (χ2v) is 4.88. The van der Waals surface area contributed by atoms with Crippen molar-refractivity contribution in [1.82, 2.24) is 4.90 Å². The maximum atomic E-state index is 13.2. The third-order valence-corrected chi connectivity index (χ3v) is 3.42. The van der Waals surface area contributed by atoms with Gasteiger partial charge in [0.25, 0.3) is 0 Å². The topological polar surface area (TPSA) is 40.5 Å². The van der Waals surface area contributed by atoms with Crippen molar-refractivity contribution in [1.29, 1.82) is 0 Å². The van der Waals surface area contributed by atoms with Crippen LogP contribution in [0.3, 0.4) is 0 Å². The number of rotatable bonds is 4. The highest BCUT2D eigenvalue weighted by atomic mass is 19.1. The van der Waals surface area contributed by atoms with Gasteiger partial charge in [-0.15, -0.1) is 0 Å². The lowest BCUT2D eigenvalue weighted by Crippen LogP contribution is -2.33. The van der Waals surface area contributed by atoms with Crippen molar-refractivity contribution in [3.63, 3.8) is 0 Å². The van der Waals surface area contributed by atoms with E-state index in [1.165, 1.54) is 12.1 Å². The Hall–Kier alpha value is -1.42. The van der Waals surface area contributed by atoms with Crippen LogP contribution in [0.2, 0.25) is 0 Å². The monoisotopic (exact) mass is 237 g/mol. The molecule has 1 aliphatic rings. The van der Waals surface area contributed by atoms with Crippen molar-refractivity contribution in [2.75, 3.05) is 14.1 Å². The molecular weight excluding hydrogens is 221 g/mol. The van der Waals surface area contributed by atoms with Crippen LogP contribution >= 0.6 is 0 Å². The first-order valence-corrected chi connectivity index (χ1v) is 5.63. The summed E-state index contributed by atoms with van der Waals surface area (Å²) >= 11 is 0. The molecule has 0 radical (unpaired) electrons. The molecule has 1 N–H and O–H groups in total. The van der Waals surface area contributed by atoms with Crippen molar-refractivity contribution >= 4 is 5.97 Å². The Morgan fingerprint density at radius 3 is 2.53 bits per heavy atom. The fourth-order valence-corrected chi connectivity index (χ4v) is 2.53. The first-order valence-electron chi connectivity index (χ1n) is 5.63. The highest BCUT2D eigenvalue weighted by molar-refractivity contribution is 5.79. The molecular formula is C13H16FNO2. The van der Waals surface area contributed by atoms with E-state index in [0.717, 1.165) is 5.56 Å². The molecule has 2 rings (SSSR count). The van der Waals surface area contributed by atoms with Gasteiger partial charge in [0.1, 0.15) is 5.82 Å². The number of carboxylic acid groups (broad SMARTS) is 1. The molecule has 0 bridgehead atoms. The molecule has 1 unspecified atom stereocenters. The van der Waals surface area contributed by atoms with E-state index < -0.39 is 11.4 Å². The zero-order valence-corrected chi connectivity index (χ0v) is 9.98. The van der Waals surface area contributed by atoms with Crippen LogP contribution in [0.15, 0.2) is 24.3 Å². The van der Waals surface area contributed by atoms with Gasteiger partial charge in [-0.25, -0.2) is 4.39 Å². The van der Waals surface area contributed by atoms with Crippen molar-refractivity contribution in [3.8, 4) is 0 Å². The predicted octanol–water partition coefficient (Wildman–Crippen LogP) is 2.29. The van der Waals surface area contributed by atoms with Crippen LogP contribution in [0, 0.1) is 11.2 Å². The molecule has 1 aromatic carbocycles. The normalized spacial score (nSPS) is 19.1. The summed E-state index contributed by atoms with van der Waals surface area (Å²) in [5, 5.41) is 9.33. The van der Waals surface area contributed by atoms with Crippen molar-refractivity contribution in [3.05, 3.63) is 35.6 Å². The molecule has 4 heteroatoms. The number of halogens is 1. The second-order valence-electron chi connectivity index (χ2n) is 4.88. The SMILES string of the molecule is CN(C)C(c1cccc(F)c1)C1(C(=O)O)CC1. The number of hydrogen-bond donors (Lipinski definition) is 1. The highest BCUT2D eigenvalue weighted by Crippen LogP contribution is 2.56. The maximum absolute atomic E-state index is 13.2. The summed E-state index contributed by atoms with van der Waals surface area (Å²) in [6, 6.07) is 5.94. The van der Waals surface area contributed by atoms with Gasteiger partial charge in [0.05, 0.1) is 11.5 Å². The summed E-state index contributed by atoms with van der Waals surface area (Å²) in [5.41, 5.74) is -0.00741. The predicted molar refractivity (Wildman–Crippen MR) is 62.1 cm³/mol. The van der Waals surface area contributed by atoms with E-state index >= 15 is 0 Å². The van der Waals surface area contributed by atoms with Gasteiger partial charge in [0.2, 0.25) is 0 Å². The third kappa shape index (κ3) is 2.05. The quantitative estimate of drug-likeness (QED) is 0.873. The molecule has 3 nitrogen and oxygen atoms in total. The Morgan fingerprint density at radius 1 is 1.47 bits per heavy atom. The van der Waals surface area contributed by atoms with Crippen LogP contribution < -0.4 is 0 Å². The van der Waals surface area contributed by atoms with E-state index in [9.17, 15) is 14.3 Å². The summed E-state index contributed by atoms with van der Waals surface area (Å²) < 4.78 is 13.2. The van der Waals surface area contributed by atoms with Gasteiger partial charge in [-0.05, 0) is 44.6 Å². The highest BCUT2D eigenvalue weighted by Gasteiger charge is 2.57.